The molecule has 0 N–H and O–H groups in total. The summed E-state index contributed by atoms with van der Waals surface area (Å²) in [6.45, 7) is 0. The fraction of sp³-hybridized carbons (Fsp3) is 0. The lowest BCUT2D eigenvalue weighted by Gasteiger charge is -2.21. The van der Waals surface area contributed by atoms with Crippen LogP contribution in [0.3, 0.4) is 0 Å². The van der Waals surface area contributed by atoms with Gasteiger partial charge in [-0.3, -0.25) is 0 Å². The number of para-hydroxylation sites is 2. The molecule has 0 aliphatic rings. The van der Waals surface area contributed by atoms with Crippen molar-refractivity contribution < 1.29 is 0 Å². The topological polar surface area (TPSA) is 72.3 Å². The average Bonchev–Trinajstić information content (AvgIpc) is 4.38. The van der Waals surface area contributed by atoms with Crippen LogP contribution in [0, 0.1) is 11.3 Å². The molecule has 0 saturated heterocycles. The highest BCUT2D eigenvalue weighted by Crippen LogP contribution is 2.49. The van der Waals surface area contributed by atoms with Crippen molar-refractivity contribution >= 4 is 107 Å². The first-order valence-electron chi connectivity index (χ1n) is 26.0. The Morgan fingerprint density at radius 3 is 1.41 bits per heavy atom. The molecule has 5 aromatic heterocycles. The molecule has 0 amide bonds. The number of hydrogen-bond acceptors (Lipinski definition) is 6. The summed E-state index contributed by atoms with van der Waals surface area (Å²) in [5.41, 5.74) is 13.4. The van der Waals surface area contributed by atoms with Gasteiger partial charge in [-0.25, -0.2) is 15.0 Å². The summed E-state index contributed by atoms with van der Waals surface area (Å²) in [6.07, 6.45) is 0. The van der Waals surface area contributed by atoms with Gasteiger partial charge in [-0.1, -0.05) is 176 Å². The highest BCUT2D eigenvalue weighted by atomic mass is 32.1. The zero-order valence-electron chi connectivity index (χ0n) is 41.6. The maximum atomic E-state index is 10.2. The van der Waals surface area contributed by atoms with E-state index in [0.717, 1.165) is 72.4 Å². The number of thiophene rings is 2. The van der Waals surface area contributed by atoms with E-state index in [-0.39, 0.29) is 0 Å². The van der Waals surface area contributed by atoms with Crippen LogP contribution in [-0.2, 0) is 0 Å². The Hall–Kier alpha value is -10.0. The number of rotatable bonds is 7. The average molecular weight is 1030 g/mol. The molecule has 362 valence electrons. The fourth-order valence-corrected chi connectivity index (χ4v) is 14.5. The lowest BCUT2D eigenvalue weighted by molar-refractivity contribution is 1.06. The van der Waals surface area contributed by atoms with Gasteiger partial charge in [0.1, 0.15) is 0 Å². The maximum absolute atomic E-state index is 10.2. The van der Waals surface area contributed by atoms with Crippen LogP contribution in [0.5, 0.6) is 0 Å². The van der Waals surface area contributed by atoms with E-state index in [1.807, 2.05) is 77.3 Å². The summed E-state index contributed by atoms with van der Waals surface area (Å²) in [4.78, 5) is 16.4. The number of fused-ring (bicyclic) bond motifs is 14. The van der Waals surface area contributed by atoms with Gasteiger partial charge in [-0.05, 0) is 83.4 Å². The third-order valence-corrected chi connectivity index (χ3v) is 17.8. The molecule has 16 rings (SSSR count). The number of nitriles is 1. The van der Waals surface area contributed by atoms with Crippen LogP contribution in [0.1, 0.15) is 5.56 Å². The number of hydrogen-bond donors (Lipinski definition) is 0. The molecule has 0 bridgehead atoms. The van der Waals surface area contributed by atoms with Crippen molar-refractivity contribution in [2.45, 2.75) is 0 Å². The van der Waals surface area contributed by atoms with Gasteiger partial charge in [0.15, 0.2) is 17.5 Å². The minimum Gasteiger partial charge on any atom is -0.309 e. The van der Waals surface area contributed by atoms with Crippen LogP contribution in [0.15, 0.2) is 243 Å². The fourth-order valence-electron chi connectivity index (χ4n) is 12.0. The monoisotopic (exact) mass is 1030 g/mol. The van der Waals surface area contributed by atoms with Gasteiger partial charge < -0.3 is 9.13 Å². The second-order valence-electron chi connectivity index (χ2n) is 19.7. The van der Waals surface area contributed by atoms with E-state index in [1.165, 1.54) is 61.9 Å². The largest absolute Gasteiger partial charge is 0.309 e. The smallest absolute Gasteiger partial charge is 0.166 e. The van der Waals surface area contributed by atoms with Crippen LogP contribution in [0.25, 0.3) is 152 Å². The van der Waals surface area contributed by atoms with Gasteiger partial charge in [0.05, 0.1) is 50.6 Å². The first kappa shape index (κ1) is 44.3. The van der Waals surface area contributed by atoms with Gasteiger partial charge >= 0.3 is 0 Å². The predicted octanol–water partition coefficient (Wildman–Crippen LogP) is 19.0. The Bertz CT molecular complexity index is 5120. The minimum absolute atomic E-state index is 0.541. The lowest BCUT2D eigenvalue weighted by atomic mass is 9.92. The van der Waals surface area contributed by atoms with Crippen LogP contribution in [0.4, 0.5) is 0 Å². The van der Waals surface area contributed by atoms with E-state index in [0.29, 0.717) is 23.0 Å². The summed E-state index contributed by atoms with van der Waals surface area (Å²) >= 11 is 3.71. The zero-order valence-corrected chi connectivity index (χ0v) is 43.2. The van der Waals surface area contributed by atoms with E-state index >= 15 is 0 Å². The highest BCUT2D eigenvalue weighted by Gasteiger charge is 2.27. The van der Waals surface area contributed by atoms with Crippen LogP contribution in [-0.4, -0.2) is 24.1 Å². The zero-order chi connectivity index (χ0) is 51.4. The summed E-state index contributed by atoms with van der Waals surface area (Å²) in [7, 11) is 0. The van der Waals surface area contributed by atoms with Crippen molar-refractivity contribution in [2.75, 3.05) is 0 Å². The molecule has 0 spiro atoms. The van der Waals surface area contributed by atoms with Gasteiger partial charge in [-0.2, -0.15) is 5.26 Å². The van der Waals surface area contributed by atoms with Crippen molar-refractivity contribution in [1.29, 1.82) is 5.26 Å². The van der Waals surface area contributed by atoms with Gasteiger partial charge in [0.25, 0.3) is 0 Å². The molecule has 5 heterocycles. The molecule has 0 saturated carbocycles. The molecule has 0 atom stereocenters. The second kappa shape index (κ2) is 17.5. The third-order valence-electron chi connectivity index (χ3n) is 15.4. The van der Waals surface area contributed by atoms with Gasteiger partial charge in [0, 0.05) is 78.6 Å². The van der Waals surface area contributed by atoms with Crippen LogP contribution >= 0.6 is 22.7 Å². The standard InChI is InChI=1S/C70H40N6S2/c71-41-42-17-15-22-45(39-42)46-33-36-57(75-55-28-11-7-25-52(55)63-59(75)37-34-50-47-23-9-13-31-61(47)77-66(50)63)54(40-46)49-27-16-30-58(65(49)70-73-68(43-18-3-1-4-19-43)72-69(74-70)44-20-5-2-6-21-44)76-56-29-12-8-26-53(56)64-60(76)38-35-51-48-24-10-14-32-62(48)78-67(51)64/h1-40H. The van der Waals surface area contributed by atoms with Crippen molar-refractivity contribution in [3.05, 3.63) is 248 Å². The van der Waals surface area contributed by atoms with Gasteiger partial charge in [0.2, 0.25) is 0 Å². The Morgan fingerprint density at radius 1 is 0.333 bits per heavy atom. The maximum Gasteiger partial charge on any atom is 0.166 e. The molecule has 16 aromatic rings. The van der Waals surface area contributed by atoms with Crippen LogP contribution in [0.2, 0.25) is 0 Å². The van der Waals surface area contributed by atoms with E-state index in [2.05, 4.69) is 203 Å². The second-order valence-corrected chi connectivity index (χ2v) is 21.8. The van der Waals surface area contributed by atoms with Crippen molar-refractivity contribution in [1.82, 2.24) is 24.1 Å². The molecule has 0 fully saturated rings. The van der Waals surface area contributed by atoms with Crippen molar-refractivity contribution in [3.63, 3.8) is 0 Å². The molecule has 0 unspecified atom stereocenters. The van der Waals surface area contributed by atoms with E-state index < -0.39 is 0 Å². The summed E-state index contributed by atoms with van der Waals surface area (Å²) in [5.74, 6) is 1.69. The van der Waals surface area contributed by atoms with Gasteiger partial charge in [-0.15, -0.1) is 22.7 Å². The van der Waals surface area contributed by atoms with E-state index in [1.54, 1.807) is 0 Å². The number of aromatic nitrogens is 5. The van der Waals surface area contributed by atoms with Crippen LogP contribution < -0.4 is 0 Å². The summed E-state index contributed by atoms with van der Waals surface area (Å²) in [5, 5.41) is 20.0. The predicted molar refractivity (Wildman–Crippen MR) is 326 cm³/mol. The SMILES string of the molecule is N#Cc1cccc(-c2ccc(-n3c4ccccc4c4c5sc6ccccc6c5ccc43)c(-c3cccc(-n4c5ccccc5c5c6sc7ccccc7c6ccc54)c3-c3nc(-c4ccccc4)nc(-c4ccccc4)n3)c2)c1. The number of benzene rings is 11. The Balaban J connectivity index is 1.07. The summed E-state index contributed by atoms with van der Waals surface area (Å²) < 4.78 is 9.93. The number of nitrogens with zero attached hydrogens (tertiary/aromatic N) is 6. The molecule has 78 heavy (non-hydrogen) atoms. The Morgan fingerprint density at radius 2 is 0.821 bits per heavy atom. The molecule has 6 nitrogen and oxygen atoms in total. The Kier molecular flexibility index (Phi) is 9.94. The molecule has 0 aliphatic carbocycles. The highest BCUT2D eigenvalue weighted by molar-refractivity contribution is 7.27. The quantitative estimate of drug-likeness (QED) is 0.159. The van der Waals surface area contributed by atoms with E-state index in [4.69, 9.17) is 15.0 Å². The Labute approximate surface area is 455 Å². The minimum atomic E-state index is 0.541. The molecular formula is C70H40N6S2. The first-order chi connectivity index (χ1) is 38.6. The first-order valence-corrected chi connectivity index (χ1v) is 27.6. The van der Waals surface area contributed by atoms with E-state index in [9.17, 15) is 5.26 Å². The third kappa shape index (κ3) is 6.76. The molecule has 0 aliphatic heterocycles. The van der Waals surface area contributed by atoms with Crippen molar-refractivity contribution in [2.24, 2.45) is 0 Å². The molecule has 11 aromatic carbocycles. The molecule has 0 radical (unpaired) electrons. The summed E-state index contributed by atoms with van der Waals surface area (Å²) in [6, 6.07) is 88.4. The molecule has 8 heteroatoms. The normalized spacial score (nSPS) is 11.8. The lowest BCUT2D eigenvalue weighted by Crippen LogP contribution is -2.06. The molecular weight excluding hydrogens is 989 g/mol. The van der Waals surface area contributed by atoms with Crippen molar-refractivity contribution in [3.8, 4) is 73.9 Å².